The van der Waals surface area contributed by atoms with E-state index in [1.54, 1.807) is 0 Å². The van der Waals surface area contributed by atoms with Gasteiger partial charge in [-0.1, -0.05) is 72.3 Å². The van der Waals surface area contributed by atoms with Gasteiger partial charge >= 0.3 is 6.03 Å². The zero-order valence-electron chi connectivity index (χ0n) is 17.1. The van der Waals surface area contributed by atoms with Gasteiger partial charge in [-0.3, -0.25) is 4.90 Å². The Balaban J connectivity index is 1.46. The van der Waals surface area contributed by atoms with E-state index < -0.39 is 0 Å². The summed E-state index contributed by atoms with van der Waals surface area (Å²) in [4.78, 5) is 14.5. The Morgan fingerprint density at radius 1 is 0.800 bits per heavy atom. The van der Waals surface area contributed by atoms with Gasteiger partial charge in [0.1, 0.15) is 0 Å². The molecule has 0 aliphatic rings. The van der Waals surface area contributed by atoms with Gasteiger partial charge in [-0.15, -0.1) is 0 Å². The monoisotopic (exact) mass is 421 g/mol. The Bertz CT molecular complexity index is 885. The number of nitrogens with zero attached hydrogens (tertiary/aromatic N) is 1. The number of carbonyl (C=O) groups excluding carboxylic acids is 1. The van der Waals surface area contributed by atoms with Crippen LogP contribution in [0.1, 0.15) is 17.5 Å². The molecular weight excluding hydrogens is 394 g/mol. The molecule has 0 bridgehead atoms. The molecule has 4 nitrogen and oxygen atoms in total. The first-order chi connectivity index (χ1) is 14.7. The average molecular weight is 422 g/mol. The third kappa shape index (κ3) is 7.90. The summed E-state index contributed by atoms with van der Waals surface area (Å²) in [6.45, 7) is 3.39. The van der Waals surface area contributed by atoms with Gasteiger partial charge in [0.2, 0.25) is 0 Å². The molecule has 0 radical (unpaired) electrons. The molecule has 2 N–H and O–H groups in total. The molecule has 0 atom stereocenters. The van der Waals surface area contributed by atoms with Crippen LogP contribution in [-0.2, 0) is 13.0 Å². The van der Waals surface area contributed by atoms with Crippen molar-refractivity contribution >= 4 is 23.3 Å². The Hall–Kier alpha value is -2.82. The first-order valence-corrected chi connectivity index (χ1v) is 10.7. The minimum Gasteiger partial charge on any atom is -0.338 e. The normalized spacial score (nSPS) is 10.7. The van der Waals surface area contributed by atoms with E-state index in [9.17, 15) is 4.79 Å². The predicted molar refractivity (Wildman–Crippen MR) is 125 cm³/mol. The SMILES string of the molecule is O=C(NCCCN(CCc1ccc(Cl)cc1)Cc1ccccc1)Nc1ccccc1. The maximum atomic E-state index is 12.0. The summed E-state index contributed by atoms with van der Waals surface area (Å²) in [5.41, 5.74) is 3.37. The van der Waals surface area contributed by atoms with Crippen LogP contribution in [0.5, 0.6) is 0 Å². The van der Waals surface area contributed by atoms with E-state index >= 15 is 0 Å². The van der Waals surface area contributed by atoms with E-state index in [2.05, 4.69) is 51.9 Å². The quantitative estimate of drug-likeness (QED) is 0.419. The molecule has 0 heterocycles. The summed E-state index contributed by atoms with van der Waals surface area (Å²) in [6.07, 6.45) is 1.85. The molecule has 3 aromatic rings. The number of carbonyl (C=O) groups is 1. The van der Waals surface area contributed by atoms with Crippen molar-refractivity contribution in [3.8, 4) is 0 Å². The minimum atomic E-state index is -0.169. The van der Waals surface area contributed by atoms with Crippen LogP contribution in [0.2, 0.25) is 5.02 Å². The molecule has 3 rings (SSSR count). The van der Waals surface area contributed by atoms with E-state index in [0.717, 1.165) is 43.2 Å². The highest BCUT2D eigenvalue weighted by atomic mass is 35.5. The van der Waals surface area contributed by atoms with Crippen LogP contribution < -0.4 is 10.6 Å². The van der Waals surface area contributed by atoms with Gasteiger partial charge in [-0.05, 0) is 48.2 Å². The highest BCUT2D eigenvalue weighted by molar-refractivity contribution is 6.30. The van der Waals surface area contributed by atoms with Crippen LogP contribution >= 0.6 is 11.6 Å². The van der Waals surface area contributed by atoms with E-state index in [-0.39, 0.29) is 6.03 Å². The summed E-state index contributed by atoms with van der Waals surface area (Å²) in [5.74, 6) is 0. The molecule has 2 amide bonds. The molecule has 0 saturated carbocycles. The Kier molecular flexibility index (Phi) is 8.76. The zero-order valence-corrected chi connectivity index (χ0v) is 17.8. The Labute approximate surface area is 183 Å². The number of urea groups is 1. The van der Waals surface area contributed by atoms with Crippen molar-refractivity contribution in [3.63, 3.8) is 0 Å². The number of hydrogen-bond donors (Lipinski definition) is 2. The molecular formula is C25H28ClN3O. The van der Waals surface area contributed by atoms with Gasteiger partial charge in [-0.25, -0.2) is 4.79 Å². The van der Waals surface area contributed by atoms with Gasteiger partial charge in [0.05, 0.1) is 0 Å². The maximum absolute atomic E-state index is 12.0. The van der Waals surface area contributed by atoms with E-state index in [1.807, 2.05) is 48.5 Å². The lowest BCUT2D eigenvalue weighted by atomic mass is 10.1. The van der Waals surface area contributed by atoms with Gasteiger partial charge in [0.15, 0.2) is 0 Å². The summed E-state index contributed by atoms with van der Waals surface area (Å²) < 4.78 is 0. The minimum absolute atomic E-state index is 0.169. The van der Waals surface area contributed by atoms with Crippen molar-refractivity contribution < 1.29 is 4.79 Å². The van der Waals surface area contributed by atoms with Crippen molar-refractivity contribution in [2.75, 3.05) is 25.0 Å². The first kappa shape index (κ1) is 21.9. The lowest BCUT2D eigenvalue weighted by molar-refractivity contribution is 0.247. The summed E-state index contributed by atoms with van der Waals surface area (Å²) in [5, 5.41) is 6.55. The second-order valence-corrected chi connectivity index (χ2v) is 7.68. The van der Waals surface area contributed by atoms with Crippen molar-refractivity contribution in [2.24, 2.45) is 0 Å². The molecule has 0 aromatic heterocycles. The largest absolute Gasteiger partial charge is 0.338 e. The number of rotatable bonds is 10. The van der Waals surface area contributed by atoms with Gasteiger partial charge in [-0.2, -0.15) is 0 Å². The molecule has 0 saturated heterocycles. The second kappa shape index (κ2) is 12.0. The predicted octanol–water partition coefficient (Wildman–Crippen LogP) is 5.60. The van der Waals surface area contributed by atoms with Crippen LogP contribution in [-0.4, -0.2) is 30.6 Å². The second-order valence-electron chi connectivity index (χ2n) is 7.24. The smallest absolute Gasteiger partial charge is 0.319 e. The number of para-hydroxylation sites is 1. The number of halogens is 1. The van der Waals surface area contributed by atoms with Gasteiger partial charge in [0.25, 0.3) is 0 Å². The zero-order chi connectivity index (χ0) is 21.0. The standard InChI is InChI=1S/C25H28ClN3O/c26-23-14-12-21(13-15-23)16-19-29(20-22-8-3-1-4-9-22)18-7-17-27-25(30)28-24-10-5-2-6-11-24/h1-6,8-15H,7,16-20H2,(H2,27,28,30). The van der Waals surface area contributed by atoms with E-state index in [1.165, 1.54) is 11.1 Å². The Morgan fingerprint density at radius 3 is 2.17 bits per heavy atom. The summed E-state index contributed by atoms with van der Waals surface area (Å²) >= 11 is 5.99. The summed E-state index contributed by atoms with van der Waals surface area (Å²) in [7, 11) is 0. The van der Waals surface area contributed by atoms with E-state index in [0.29, 0.717) is 6.54 Å². The molecule has 0 aliphatic heterocycles. The van der Waals surface area contributed by atoms with E-state index in [4.69, 9.17) is 11.6 Å². The van der Waals surface area contributed by atoms with Crippen LogP contribution in [0, 0.1) is 0 Å². The number of hydrogen-bond acceptors (Lipinski definition) is 2. The molecule has 0 spiro atoms. The van der Waals surface area contributed by atoms with Gasteiger partial charge in [0, 0.05) is 36.9 Å². The fraction of sp³-hybridized carbons (Fsp3) is 0.240. The lowest BCUT2D eigenvalue weighted by Gasteiger charge is -2.23. The fourth-order valence-electron chi connectivity index (χ4n) is 3.25. The van der Waals surface area contributed by atoms with Gasteiger partial charge < -0.3 is 10.6 Å². The molecule has 156 valence electrons. The van der Waals surface area contributed by atoms with Crippen molar-refractivity contribution in [1.82, 2.24) is 10.2 Å². The van der Waals surface area contributed by atoms with Crippen LogP contribution in [0.25, 0.3) is 0 Å². The molecule has 3 aromatic carbocycles. The highest BCUT2D eigenvalue weighted by Crippen LogP contribution is 2.12. The topological polar surface area (TPSA) is 44.4 Å². The Morgan fingerprint density at radius 2 is 1.47 bits per heavy atom. The van der Waals surface area contributed by atoms with Crippen molar-refractivity contribution in [3.05, 3.63) is 101 Å². The third-order valence-corrected chi connectivity index (χ3v) is 5.10. The van der Waals surface area contributed by atoms with Crippen LogP contribution in [0.15, 0.2) is 84.9 Å². The van der Waals surface area contributed by atoms with Crippen molar-refractivity contribution in [2.45, 2.75) is 19.4 Å². The third-order valence-electron chi connectivity index (χ3n) is 4.85. The number of benzene rings is 3. The molecule has 0 aliphatic carbocycles. The lowest BCUT2D eigenvalue weighted by Crippen LogP contribution is -2.33. The van der Waals surface area contributed by atoms with Crippen LogP contribution in [0.3, 0.4) is 0 Å². The maximum Gasteiger partial charge on any atom is 0.319 e. The summed E-state index contributed by atoms with van der Waals surface area (Å²) in [6, 6.07) is 27.8. The molecule has 0 fully saturated rings. The van der Waals surface area contributed by atoms with Crippen LogP contribution in [0.4, 0.5) is 10.5 Å². The molecule has 0 unspecified atom stereocenters. The molecule has 30 heavy (non-hydrogen) atoms. The first-order valence-electron chi connectivity index (χ1n) is 10.3. The van der Waals surface area contributed by atoms with Crippen molar-refractivity contribution in [1.29, 1.82) is 0 Å². The molecule has 5 heteroatoms. The number of anilines is 1. The number of amides is 2. The highest BCUT2D eigenvalue weighted by Gasteiger charge is 2.08. The number of nitrogens with one attached hydrogen (secondary N) is 2. The fourth-order valence-corrected chi connectivity index (χ4v) is 3.38. The average Bonchev–Trinajstić information content (AvgIpc) is 2.77.